The third-order valence-electron chi connectivity index (χ3n) is 4.69. The lowest BCUT2D eigenvalue weighted by Gasteiger charge is -2.14. The highest BCUT2D eigenvalue weighted by atomic mass is 35.5. The second-order valence-electron chi connectivity index (χ2n) is 7.79. The number of anilines is 2. The number of halogens is 2. The van der Waals surface area contributed by atoms with Gasteiger partial charge in [-0.05, 0) is 38.9 Å². The summed E-state index contributed by atoms with van der Waals surface area (Å²) in [6.07, 6.45) is 2.83. The Bertz CT molecular complexity index is 1520. The van der Waals surface area contributed by atoms with Crippen molar-refractivity contribution in [3.05, 3.63) is 41.4 Å². The van der Waals surface area contributed by atoms with Gasteiger partial charge in [0.15, 0.2) is 5.82 Å². The summed E-state index contributed by atoms with van der Waals surface area (Å²) in [5.74, 6) is -0.915. The number of aromatic nitrogens is 4. The van der Waals surface area contributed by atoms with Crippen LogP contribution in [0.1, 0.15) is 32.2 Å². The van der Waals surface area contributed by atoms with E-state index in [0.29, 0.717) is 0 Å². The van der Waals surface area contributed by atoms with Gasteiger partial charge in [-0.2, -0.15) is 5.10 Å². The minimum Gasteiger partial charge on any atom is -0.453 e. The number of benzene rings is 1. The van der Waals surface area contributed by atoms with Gasteiger partial charge >= 0.3 is 6.09 Å². The van der Waals surface area contributed by atoms with Crippen LogP contribution in [0.15, 0.2) is 30.6 Å². The van der Waals surface area contributed by atoms with E-state index in [1.165, 1.54) is 31.6 Å². The van der Waals surface area contributed by atoms with Gasteiger partial charge in [-0.3, -0.25) is 9.40 Å². The van der Waals surface area contributed by atoms with Crippen molar-refractivity contribution >= 4 is 39.4 Å². The minimum absolute atomic E-state index is 0.0374. The molecule has 14 heteroatoms. The standard InChI is InChI=1S/C22H27ClFN7O4S/c1-12(2)31-11-16(17-6-7-25-21(28-17)26-10-13(3)27-22(32)35-4)20(29-31)15-8-14(23)9-18(19(15)24)30-36(5,33)34/h6-9,11-13,30H,10H2,1-5H3,(H,27,32)(H,25,26,28)/t13-/m0/s1/i1D3,12D/t12?,13-. The number of hydrogen-bond acceptors (Lipinski definition) is 8. The molecule has 194 valence electrons. The van der Waals surface area contributed by atoms with Crippen molar-refractivity contribution < 1.29 is 27.8 Å². The molecule has 0 radical (unpaired) electrons. The molecule has 0 bridgehead atoms. The highest BCUT2D eigenvalue weighted by molar-refractivity contribution is 7.92. The van der Waals surface area contributed by atoms with Crippen molar-refractivity contribution in [3.63, 3.8) is 0 Å². The fourth-order valence-electron chi connectivity index (χ4n) is 3.12. The van der Waals surface area contributed by atoms with Crippen LogP contribution < -0.4 is 15.4 Å². The highest BCUT2D eigenvalue weighted by Crippen LogP contribution is 2.37. The van der Waals surface area contributed by atoms with E-state index < -0.39 is 40.5 Å². The Morgan fingerprint density at radius 2 is 2.11 bits per heavy atom. The van der Waals surface area contributed by atoms with Gasteiger partial charge in [0.05, 0.1) is 26.1 Å². The van der Waals surface area contributed by atoms with Crippen LogP contribution >= 0.6 is 11.6 Å². The molecule has 2 heterocycles. The van der Waals surface area contributed by atoms with E-state index in [4.69, 9.17) is 17.1 Å². The molecule has 36 heavy (non-hydrogen) atoms. The van der Waals surface area contributed by atoms with Crippen molar-refractivity contribution in [2.75, 3.05) is 29.9 Å². The van der Waals surface area contributed by atoms with E-state index in [-0.39, 0.29) is 46.1 Å². The third kappa shape index (κ3) is 6.82. The molecule has 1 unspecified atom stereocenters. The summed E-state index contributed by atoms with van der Waals surface area (Å²) in [6, 6.07) is 1.08. The summed E-state index contributed by atoms with van der Waals surface area (Å²) in [5.41, 5.74) is -0.583. The van der Waals surface area contributed by atoms with Crippen molar-refractivity contribution in [2.45, 2.75) is 32.8 Å². The molecular weight excluding hydrogens is 513 g/mol. The zero-order valence-electron chi connectivity index (χ0n) is 23.8. The number of nitrogens with one attached hydrogen (secondary N) is 3. The minimum atomic E-state index is -3.89. The summed E-state index contributed by atoms with van der Waals surface area (Å²) < 4.78 is 78.6. The first-order chi connectivity index (χ1) is 18.4. The first-order valence-electron chi connectivity index (χ1n) is 12.4. The number of alkyl carbamates (subject to hydrolysis) is 1. The van der Waals surface area contributed by atoms with Crippen molar-refractivity contribution in [2.24, 2.45) is 0 Å². The molecule has 3 rings (SSSR count). The molecule has 0 fully saturated rings. The zero-order chi connectivity index (χ0) is 30.0. The van der Waals surface area contributed by atoms with Crippen LogP contribution in [0.2, 0.25) is 5.02 Å². The first kappa shape index (κ1) is 21.8. The first-order valence-corrected chi connectivity index (χ1v) is 12.7. The second-order valence-corrected chi connectivity index (χ2v) is 9.98. The van der Waals surface area contributed by atoms with E-state index in [1.54, 1.807) is 6.92 Å². The normalized spacial score (nSPS) is 15.9. The van der Waals surface area contributed by atoms with Gasteiger partial charge in [0.25, 0.3) is 0 Å². The summed E-state index contributed by atoms with van der Waals surface area (Å²) in [7, 11) is -2.65. The molecular formula is C22H27ClFN7O4S. The van der Waals surface area contributed by atoms with Crippen molar-refractivity contribution in [1.82, 2.24) is 25.1 Å². The van der Waals surface area contributed by atoms with Crippen LogP contribution in [0.5, 0.6) is 0 Å². The van der Waals surface area contributed by atoms with Gasteiger partial charge in [0.2, 0.25) is 16.0 Å². The van der Waals surface area contributed by atoms with Crippen LogP contribution in [-0.2, 0) is 14.8 Å². The second kappa shape index (κ2) is 11.1. The van der Waals surface area contributed by atoms with E-state index in [2.05, 4.69) is 35.2 Å². The monoisotopic (exact) mass is 543 g/mol. The molecule has 1 aromatic carbocycles. The molecule has 0 saturated heterocycles. The summed E-state index contributed by atoms with van der Waals surface area (Å²) >= 11 is 6.17. The third-order valence-corrected chi connectivity index (χ3v) is 5.50. The Hall–Kier alpha value is -3.45. The van der Waals surface area contributed by atoms with Gasteiger partial charge < -0.3 is 15.4 Å². The van der Waals surface area contributed by atoms with Crippen LogP contribution in [0, 0.1) is 5.82 Å². The van der Waals surface area contributed by atoms with E-state index >= 15 is 4.39 Å². The van der Waals surface area contributed by atoms with Gasteiger partial charge in [-0.1, -0.05) is 11.6 Å². The Morgan fingerprint density at radius 3 is 2.78 bits per heavy atom. The maximum Gasteiger partial charge on any atom is 0.407 e. The Balaban J connectivity index is 2.15. The number of carbonyl (C=O) groups excluding carboxylic acids is 1. The van der Waals surface area contributed by atoms with E-state index in [9.17, 15) is 13.2 Å². The summed E-state index contributed by atoms with van der Waals surface area (Å²) in [4.78, 5) is 19.9. The fourth-order valence-corrected chi connectivity index (χ4v) is 3.88. The maximum absolute atomic E-state index is 15.6. The molecule has 3 aromatic rings. The summed E-state index contributed by atoms with van der Waals surface area (Å²) in [5, 5.41) is 9.71. The molecule has 0 aliphatic heterocycles. The van der Waals surface area contributed by atoms with E-state index in [1.807, 2.05) is 0 Å². The predicted molar refractivity (Wildman–Crippen MR) is 136 cm³/mol. The van der Waals surface area contributed by atoms with Gasteiger partial charge in [0.1, 0.15) is 5.69 Å². The Morgan fingerprint density at radius 1 is 1.36 bits per heavy atom. The summed E-state index contributed by atoms with van der Waals surface area (Å²) in [6.45, 7) is 0.209. The van der Waals surface area contributed by atoms with Crippen LogP contribution in [-0.4, -0.2) is 60.2 Å². The molecule has 0 saturated carbocycles. The van der Waals surface area contributed by atoms with Crippen molar-refractivity contribution in [3.8, 4) is 22.5 Å². The van der Waals surface area contributed by atoms with Gasteiger partial charge in [0, 0.05) is 51.3 Å². The average molecular weight is 544 g/mol. The lowest BCUT2D eigenvalue weighted by Crippen LogP contribution is -2.37. The quantitative estimate of drug-likeness (QED) is 0.369. The highest BCUT2D eigenvalue weighted by Gasteiger charge is 2.22. The number of carbonyl (C=O) groups is 1. The lowest BCUT2D eigenvalue weighted by atomic mass is 10.0. The number of methoxy groups -OCH3 is 1. The molecule has 11 nitrogen and oxygen atoms in total. The lowest BCUT2D eigenvalue weighted by molar-refractivity contribution is 0.168. The number of nitrogens with zero attached hydrogens (tertiary/aromatic N) is 4. The average Bonchev–Trinajstić information content (AvgIpc) is 3.29. The molecule has 1 amide bonds. The van der Waals surface area contributed by atoms with E-state index in [0.717, 1.165) is 23.9 Å². The zero-order valence-corrected chi connectivity index (χ0v) is 21.3. The van der Waals surface area contributed by atoms with Crippen molar-refractivity contribution in [1.29, 1.82) is 0 Å². The van der Waals surface area contributed by atoms with Gasteiger partial charge in [-0.15, -0.1) is 0 Å². The molecule has 0 aliphatic carbocycles. The number of rotatable bonds is 9. The predicted octanol–water partition coefficient (Wildman–Crippen LogP) is 3.91. The number of sulfonamides is 1. The largest absolute Gasteiger partial charge is 0.453 e. The molecule has 0 aliphatic rings. The smallest absolute Gasteiger partial charge is 0.407 e. The molecule has 2 aromatic heterocycles. The van der Waals surface area contributed by atoms with Crippen LogP contribution in [0.4, 0.5) is 20.8 Å². The number of ether oxygens (including phenoxy) is 1. The number of amides is 1. The SMILES string of the molecule is [2H]C([2H])([2H])C([2H])(C)n1cc(-c2ccnc(NC[C@H](C)NC(=O)OC)n2)c(-c2cc(Cl)cc(NS(C)(=O)=O)c2F)n1. The molecule has 3 N–H and O–H groups in total. The fraction of sp³-hybridized carbons (Fsp3) is 0.364. The Kier molecular flexibility index (Phi) is 6.71. The van der Waals surface area contributed by atoms with Crippen LogP contribution in [0.25, 0.3) is 22.5 Å². The molecule has 0 spiro atoms. The molecule has 2 atom stereocenters. The maximum atomic E-state index is 15.6. The number of hydrogen-bond donors (Lipinski definition) is 3. The Labute approximate surface area is 219 Å². The van der Waals surface area contributed by atoms with Gasteiger partial charge in [-0.25, -0.2) is 27.6 Å². The van der Waals surface area contributed by atoms with Crippen LogP contribution in [0.3, 0.4) is 0 Å². The topological polar surface area (TPSA) is 140 Å².